The first-order valence-corrected chi connectivity index (χ1v) is 6.51. The number of rotatable bonds is 5. The Bertz CT molecular complexity index is 568. The molecule has 100 valence electrons. The van der Waals surface area contributed by atoms with Gasteiger partial charge in [0.15, 0.2) is 15.7 Å². The molecule has 0 aliphatic rings. The minimum Gasteiger partial charge on any atom is -0.477 e. The number of aromatic carboxylic acids is 1. The molecule has 0 aromatic heterocycles. The van der Waals surface area contributed by atoms with E-state index < -0.39 is 50.3 Å². The van der Waals surface area contributed by atoms with Crippen molar-refractivity contribution in [1.29, 1.82) is 0 Å². The first kappa shape index (κ1) is 14.5. The molecule has 18 heavy (non-hydrogen) atoms. The number of carboxylic acids is 1. The van der Waals surface area contributed by atoms with Crippen molar-refractivity contribution in [3.8, 4) is 0 Å². The van der Waals surface area contributed by atoms with Gasteiger partial charge in [-0.15, -0.1) is 0 Å². The van der Waals surface area contributed by atoms with E-state index in [4.69, 9.17) is 10.2 Å². The lowest BCUT2D eigenvalue weighted by molar-refractivity contribution is 0.0685. The van der Waals surface area contributed by atoms with Crippen LogP contribution in [-0.4, -0.2) is 37.0 Å². The van der Waals surface area contributed by atoms with Crippen molar-refractivity contribution < 1.29 is 32.2 Å². The normalized spacial score (nSPS) is 11.5. The number of sulfone groups is 1. The van der Waals surface area contributed by atoms with Crippen LogP contribution in [0.15, 0.2) is 17.0 Å². The summed E-state index contributed by atoms with van der Waals surface area (Å²) in [5, 5.41) is 17.1. The lowest BCUT2D eigenvalue weighted by Crippen LogP contribution is -2.14. The van der Waals surface area contributed by atoms with Gasteiger partial charge in [-0.1, -0.05) is 0 Å². The summed E-state index contributed by atoms with van der Waals surface area (Å²) in [6.07, 6.45) is -0.123. The van der Waals surface area contributed by atoms with Gasteiger partial charge in [0.25, 0.3) is 0 Å². The summed E-state index contributed by atoms with van der Waals surface area (Å²) in [7, 11) is -4.09. The summed E-state index contributed by atoms with van der Waals surface area (Å²) in [4.78, 5) is 9.74. The van der Waals surface area contributed by atoms with Gasteiger partial charge >= 0.3 is 5.97 Å². The van der Waals surface area contributed by atoms with Crippen molar-refractivity contribution in [2.24, 2.45) is 0 Å². The van der Waals surface area contributed by atoms with E-state index >= 15 is 0 Å². The fraction of sp³-hybridized carbons (Fsp3) is 0.300. The number of benzene rings is 1. The maximum atomic E-state index is 13.6. The quantitative estimate of drug-likeness (QED) is 0.779. The summed E-state index contributed by atoms with van der Waals surface area (Å²) >= 11 is 0. The molecule has 2 N–H and O–H groups in total. The second-order valence-corrected chi connectivity index (χ2v) is 5.51. The van der Waals surface area contributed by atoms with Crippen molar-refractivity contribution in [2.75, 3.05) is 12.4 Å². The van der Waals surface area contributed by atoms with Crippen LogP contribution in [0.2, 0.25) is 0 Å². The average Bonchev–Trinajstić information content (AvgIpc) is 2.25. The third-order valence-corrected chi connectivity index (χ3v) is 3.99. The zero-order valence-corrected chi connectivity index (χ0v) is 9.88. The van der Waals surface area contributed by atoms with Crippen molar-refractivity contribution in [1.82, 2.24) is 0 Å². The molecule has 0 aliphatic carbocycles. The molecule has 1 aromatic carbocycles. The number of aliphatic hydroxyl groups is 1. The topological polar surface area (TPSA) is 91.7 Å². The van der Waals surface area contributed by atoms with Gasteiger partial charge in [-0.05, 0) is 18.6 Å². The average molecular weight is 280 g/mol. The molecule has 0 heterocycles. The maximum absolute atomic E-state index is 13.6. The highest BCUT2D eigenvalue weighted by Gasteiger charge is 2.26. The molecule has 0 radical (unpaired) electrons. The first-order valence-electron chi connectivity index (χ1n) is 4.86. The van der Waals surface area contributed by atoms with Gasteiger partial charge < -0.3 is 10.2 Å². The monoisotopic (exact) mass is 280 g/mol. The van der Waals surface area contributed by atoms with E-state index in [1.54, 1.807) is 0 Å². The lowest BCUT2D eigenvalue weighted by atomic mass is 10.2. The zero-order chi connectivity index (χ0) is 13.9. The van der Waals surface area contributed by atoms with Gasteiger partial charge in [0, 0.05) is 6.61 Å². The molecular formula is C10H10F2O5S. The molecule has 0 atom stereocenters. The van der Waals surface area contributed by atoms with Crippen LogP contribution in [0, 0.1) is 11.6 Å². The second-order valence-electron chi connectivity index (χ2n) is 3.44. The minimum absolute atomic E-state index is 0.123. The highest BCUT2D eigenvalue weighted by Crippen LogP contribution is 2.22. The van der Waals surface area contributed by atoms with Crippen LogP contribution in [0.1, 0.15) is 16.8 Å². The van der Waals surface area contributed by atoms with E-state index in [2.05, 4.69) is 0 Å². The van der Waals surface area contributed by atoms with Gasteiger partial charge in [-0.3, -0.25) is 0 Å². The number of hydrogen-bond donors (Lipinski definition) is 2. The summed E-state index contributed by atoms with van der Waals surface area (Å²) in [5.41, 5.74) is -1.31. The highest BCUT2D eigenvalue weighted by atomic mass is 32.2. The van der Waals surface area contributed by atoms with Crippen molar-refractivity contribution in [3.05, 3.63) is 29.3 Å². The van der Waals surface area contributed by atoms with Crippen LogP contribution < -0.4 is 0 Å². The molecule has 0 spiro atoms. The Morgan fingerprint density at radius 2 is 1.89 bits per heavy atom. The smallest absolute Gasteiger partial charge is 0.341 e. The van der Waals surface area contributed by atoms with Crippen LogP contribution >= 0.6 is 0 Å². The standard InChI is InChI=1S/C10H10F2O5S/c11-6-2-3-7(9(12)8(6)10(14)15)18(16,17)5-1-4-13/h2-3,13H,1,4-5H2,(H,14,15). The van der Waals surface area contributed by atoms with Gasteiger partial charge in [0.1, 0.15) is 16.3 Å². The Kier molecular flexibility index (Phi) is 4.36. The fourth-order valence-corrected chi connectivity index (χ4v) is 2.71. The van der Waals surface area contributed by atoms with Gasteiger partial charge in [0.2, 0.25) is 0 Å². The predicted octanol–water partition coefficient (Wildman–Crippen LogP) is 0.819. The Morgan fingerprint density at radius 1 is 1.28 bits per heavy atom. The van der Waals surface area contributed by atoms with Crippen molar-refractivity contribution in [2.45, 2.75) is 11.3 Å². The van der Waals surface area contributed by atoms with Crippen LogP contribution in [0.25, 0.3) is 0 Å². The molecule has 1 aromatic rings. The Balaban J connectivity index is 3.36. The first-order chi connectivity index (χ1) is 8.31. The third kappa shape index (κ3) is 2.82. The van der Waals surface area contributed by atoms with Crippen LogP contribution in [0.4, 0.5) is 8.78 Å². The molecule has 0 saturated carbocycles. The molecule has 8 heteroatoms. The Morgan fingerprint density at radius 3 is 2.39 bits per heavy atom. The molecular weight excluding hydrogens is 270 g/mol. The van der Waals surface area contributed by atoms with Crippen molar-refractivity contribution >= 4 is 15.8 Å². The Hall–Kier alpha value is -1.54. The summed E-state index contributed by atoms with van der Waals surface area (Å²) in [6, 6.07) is 1.25. The molecule has 1 rings (SSSR count). The predicted molar refractivity (Wildman–Crippen MR) is 57.1 cm³/mol. The molecule has 0 amide bonds. The largest absolute Gasteiger partial charge is 0.477 e. The molecule has 0 fully saturated rings. The van der Waals surface area contributed by atoms with E-state index in [-0.39, 0.29) is 6.42 Å². The Labute approximate surface area is 102 Å². The van der Waals surface area contributed by atoms with E-state index in [1.165, 1.54) is 0 Å². The van der Waals surface area contributed by atoms with Crippen molar-refractivity contribution in [3.63, 3.8) is 0 Å². The van der Waals surface area contributed by atoms with Crippen LogP contribution in [-0.2, 0) is 9.84 Å². The number of carboxylic acid groups (broad SMARTS) is 1. The number of aliphatic hydroxyl groups excluding tert-OH is 1. The fourth-order valence-electron chi connectivity index (χ4n) is 1.33. The molecule has 0 bridgehead atoms. The van der Waals surface area contributed by atoms with Gasteiger partial charge in [-0.2, -0.15) is 0 Å². The summed E-state index contributed by atoms with van der Waals surface area (Å²) in [6.45, 7) is -0.409. The molecule has 5 nitrogen and oxygen atoms in total. The SMILES string of the molecule is O=C(O)c1c(F)ccc(S(=O)(=O)CCCO)c1F. The van der Waals surface area contributed by atoms with E-state index in [0.717, 1.165) is 0 Å². The molecule has 0 unspecified atom stereocenters. The van der Waals surface area contributed by atoms with Crippen LogP contribution in [0.5, 0.6) is 0 Å². The van der Waals surface area contributed by atoms with Gasteiger partial charge in [-0.25, -0.2) is 22.0 Å². The summed E-state index contributed by atoms with van der Waals surface area (Å²) in [5.74, 6) is -5.41. The highest BCUT2D eigenvalue weighted by molar-refractivity contribution is 7.91. The van der Waals surface area contributed by atoms with E-state index in [0.29, 0.717) is 12.1 Å². The lowest BCUT2D eigenvalue weighted by Gasteiger charge is -2.07. The zero-order valence-electron chi connectivity index (χ0n) is 9.06. The molecule has 0 aliphatic heterocycles. The minimum atomic E-state index is -4.09. The van der Waals surface area contributed by atoms with E-state index in [9.17, 15) is 22.0 Å². The van der Waals surface area contributed by atoms with Crippen LogP contribution in [0.3, 0.4) is 0 Å². The number of hydrogen-bond acceptors (Lipinski definition) is 4. The number of halogens is 2. The van der Waals surface area contributed by atoms with Gasteiger partial charge in [0.05, 0.1) is 5.75 Å². The summed E-state index contributed by atoms with van der Waals surface area (Å²) < 4.78 is 50.0. The maximum Gasteiger partial charge on any atom is 0.341 e. The van der Waals surface area contributed by atoms with E-state index in [1.807, 2.05) is 0 Å². The number of carbonyl (C=O) groups is 1. The molecule has 0 saturated heterocycles. The third-order valence-electron chi connectivity index (χ3n) is 2.18. The second kappa shape index (κ2) is 5.40.